The summed E-state index contributed by atoms with van der Waals surface area (Å²) in [5.74, 6) is -0.745. The molecule has 6 heteroatoms. The molecule has 15 heavy (non-hydrogen) atoms. The van der Waals surface area contributed by atoms with Crippen LogP contribution < -0.4 is 0 Å². The minimum atomic E-state index is -4.57. The summed E-state index contributed by atoms with van der Waals surface area (Å²) in [5, 5.41) is 0. The lowest BCUT2D eigenvalue weighted by atomic mass is 10.2. The summed E-state index contributed by atoms with van der Waals surface area (Å²) < 4.78 is 54.1. The van der Waals surface area contributed by atoms with Gasteiger partial charge in [0, 0.05) is 5.56 Å². The molecule has 0 atom stereocenters. The summed E-state index contributed by atoms with van der Waals surface area (Å²) in [5.41, 5.74) is 0.0920. The van der Waals surface area contributed by atoms with Gasteiger partial charge in [-0.2, -0.15) is 22.6 Å². The molecule has 0 aliphatic carbocycles. The van der Waals surface area contributed by atoms with Crippen LogP contribution in [0.25, 0.3) is 0 Å². The van der Waals surface area contributed by atoms with E-state index < -0.39 is 18.1 Å². The molecule has 0 N–H and O–H groups in total. The zero-order valence-electron chi connectivity index (χ0n) is 7.25. The highest BCUT2D eigenvalue weighted by atomic mass is 19.3. The molecule has 0 fully saturated rings. The fourth-order valence-corrected chi connectivity index (χ4v) is 1.10. The lowest BCUT2D eigenvalue weighted by Gasteiger charge is -2.13. The highest BCUT2D eigenvalue weighted by Crippen LogP contribution is 2.42. The molecule has 0 unspecified atom stereocenters. The number of hydrogen-bond acceptors (Lipinski definition) is 2. The van der Waals surface area contributed by atoms with Crippen molar-refractivity contribution in [2.75, 3.05) is 0 Å². The first-order chi connectivity index (χ1) is 6.92. The molecule has 0 radical (unpaired) electrons. The van der Waals surface area contributed by atoms with Crippen LogP contribution in [0.2, 0.25) is 0 Å². The number of benzene rings is 1. The quantitative estimate of drug-likeness (QED) is 0.525. The van der Waals surface area contributed by atoms with Gasteiger partial charge in [0.15, 0.2) is 0 Å². The first kappa shape index (κ1) is 9.95. The Balaban J connectivity index is 2.37. The second-order valence-electron chi connectivity index (χ2n) is 2.94. The maximum Gasteiger partial charge on any atom is 0.489 e. The summed E-state index contributed by atoms with van der Waals surface area (Å²) in [6, 6.07) is 2.85. The van der Waals surface area contributed by atoms with Crippen LogP contribution >= 0.6 is 0 Å². The molecule has 0 saturated carbocycles. The van der Waals surface area contributed by atoms with Gasteiger partial charge in [0.2, 0.25) is 5.90 Å². The molecule has 0 saturated heterocycles. The number of aliphatic imine (C=N–C) groups is 1. The Kier molecular flexibility index (Phi) is 1.95. The van der Waals surface area contributed by atoms with E-state index in [4.69, 9.17) is 0 Å². The van der Waals surface area contributed by atoms with Crippen LogP contribution in [0, 0.1) is 0 Å². The third-order valence-electron chi connectivity index (χ3n) is 1.84. The summed E-state index contributed by atoms with van der Waals surface area (Å²) >= 11 is 0. The van der Waals surface area contributed by atoms with E-state index in [-0.39, 0.29) is 5.56 Å². The van der Waals surface area contributed by atoms with Crippen molar-refractivity contribution in [3.05, 3.63) is 35.9 Å². The molecule has 2 nitrogen and oxygen atoms in total. The van der Waals surface area contributed by atoms with Gasteiger partial charge in [0.1, 0.15) is 0 Å². The minimum absolute atomic E-state index is 0.0920. The zero-order valence-corrected chi connectivity index (χ0v) is 7.25. The highest BCUT2D eigenvalue weighted by Gasteiger charge is 2.65. The van der Waals surface area contributed by atoms with Crippen molar-refractivity contribution < 1.29 is 22.3 Å². The molecule has 0 bridgehead atoms. The van der Waals surface area contributed by atoms with E-state index in [1.165, 1.54) is 24.3 Å². The van der Waals surface area contributed by atoms with Gasteiger partial charge in [-0.25, -0.2) is 0 Å². The van der Waals surface area contributed by atoms with E-state index in [0.717, 1.165) is 0 Å². The van der Waals surface area contributed by atoms with Crippen molar-refractivity contribution in [1.82, 2.24) is 0 Å². The lowest BCUT2D eigenvalue weighted by Crippen LogP contribution is -2.36. The Hall–Kier alpha value is -1.59. The third-order valence-corrected chi connectivity index (χ3v) is 1.84. The number of ether oxygens (including phenoxy) is 1. The molecule has 1 heterocycles. The number of alkyl halides is 4. The van der Waals surface area contributed by atoms with Gasteiger partial charge in [-0.15, -0.1) is 0 Å². The van der Waals surface area contributed by atoms with E-state index in [1.54, 1.807) is 6.07 Å². The predicted octanol–water partition coefficient (Wildman–Crippen LogP) is 2.65. The maximum atomic E-state index is 12.6. The van der Waals surface area contributed by atoms with Crippen molar-refractivity contribution in [1.29, 1.82) is 0 Å². The Labute approximate surface area is 82.2 Å². The van der Waals surface area contributed by atoms with Gasteiger partial charge in [0.25, 0.3) is 0 Å². The van der Waals surface area contributed by atoms with Crippen LogP contribution in [-0.2, 0) is 4.74 Å². The largest absolute Gasteiger partial charge is 0.489 e. The van der Waals surface area contributed by atoms with Gasteiger partial charge < -0.3 is 4.74 Å². The van der Waals surface area contributed by atoms with Crippen LogP contribution in [0.3, 0.4) is 0 Å². The molecular formula is C9H5F4NO. The van der Waals surface area contributed by atoms with E-state index >= 15 is 0 Å². The molecule has 1 aliphatic rings. The van der Waals surface area contributed by atoms with Crippen molar-refractivity contribution in [3.63, 3.8) is 0 Å². The van der Waals surface area contributed by atoms with Crippen molar-refractivity contribution >= 4 is 5.90 Å². The molecule has 2 rings (SSSR count). The third kappa shape index (κ3) is 1.55. The average Bonchev–Trinajstić information content (AvgIpc) is 2.38. The molecule has 0 amide bonds. The second-order valence-corrected chi connectivity index (χ2v) is 2.94. The van der Waals surface area contributed by atoms with Crippen molar-refractivity contribution in [2.24, 2.45) is 4.99 Å². The highest BCUT2D eigenvalue weighted by molar-refractivity contribution is 5.95. The Bertz CT molecular complexity index is 402. The second kappa shape index (κ2) is 2.95. The monoisotopic (exact) mass is 219 g/mol. The number of nitrogens with zero attached hydrogens (tertiary/aromatic N) is 1. The standard InChI is InChI=1S/C9H5F4NO/c10-8(11)9(12,13)15-7(14-8)6-4-2-1-3-5-6/h1-5H. The smallest absolute Gasteiger partial charge is 0.408 e. The molecule has 1 aromatic carbocycles. The SMILES string of the molecule is FC1(F)N=C(c2ccccc2)OC1(F)F. The van der Waals surface area contributed by atoms with Gasteiger partial charge in [-0.3, -0.25) is 0 Å². The lowest BCUT2D eigenvalue weighted by molar-refractivity contribution is -0.294. The van der Waals surface area contributed by atoms with Gasteiger partial charge in [-0.1, -0.05) is 18.2 Å². The van der Waals surface area contributed by atoms with Crippen molar-refractivity contribution in [2.45, 2.75) is 12.2 Å². The topological polar surface area (TPSA) is 21.6 Å². The Morgan fingerprint density at radius 2 is 1.60 bits per heavy atom. The first-order valence-corrected chi connectivity index (χ1v) is 4.02. The van der Waals surface area contributed by atoms with E-state index in [9.17, 15) is 17.6 Å². The van der Waals surface area contributed by atoms with E-state index in [2.05, 4.69) is 9.73 Å². The Morgan fingerprint density at radius 1 is 1.00 bits per heavy atom. The molecule has 0 aromatic heterocycles. The average molecular weight is 219 g/mol. The molecule has 1 aliphatic heterocycles. The number of halogens is 4. The first-order valence-electron chi connectivity index (χ1n) is 4.02. The molecule has 0 spiro atoms. The number of hydrogen-bond donors (Lipinski definition) is 0. The van der Waals surface area contributed by atoms with Crippen LogP contribution in [-0.4, -0.2) is 18.1 Å². The summed E-state index contributed by atoms with van der Waals surface area (Å²) in [6.45, 7) is 0. The fourth-order valence-electron chi connectivity index (χ4n) is 1.10. The predicted molar refractivity (Wildman–Crippen MR) is 44.0 cm³/mol. The molecular weight excluding hydrogens is 214 g/mol. The normalized spacial score (nSPS) is 22.0. The van der Waals surface area contributed by atoms with Gasteiger partial charge in [0.05, 0.1) is 0 Å². The zero-order chi connectivity index (χ0) is 11.1. The summed E-state index contributed by atoms with van der Waals surface area (Å²) in [7, 11) is 0. The molecule has 80 valence electrons. The fraction of sp³-hybridized carbons (Fsp3) is 0.222. The summed E-state index contributed by atoms with van der Waals surface area (Å²) in [4.78, 5) is 2.55. The van der Waals surface area contributed by atoms with Crippen LogP contribution in [0.4, 0.5) is 17.6 Å². The van der Waals surface area contributed by atoms with E-state index in [0.29, 0.717) is 0 Å². The van der Waals surface area contributed by atoms with Crippen LogP contribution in [0.5, 0.6) is 0 Å². The number of rotatable bonds is 1. The van der Waals surface area contributed by atoms with Crippen LogP contribution in [0.1, 0.15) is 5.56 Å². The van der Waals surface area contributed by atoms with E-state index in [1.807, 2.05) is 0 Å². The minimum Gasteiger partial charge on any atom is -0.408 e. The van der Waals surface area contributed by atoms with Crippen LogP contribution in [0.15, 0.2) is 35.3 Å². The van der Waals surface area contributed by atoms with Gasteiger partial charge in [-0.05, 0) is 12.1 Å². The van der Waals surface area contributed by atoms with Gasteiger partial charge >= 0.3 is 12.2 Å². The molecule has 1 aromatic rings. The summed E-state index contributed by atoms with van der Waals surface area (Å²) in [6.07, 6.45) is -4.57. The maximum absolute atomic E-state index is 12.6. The Morgan fingerprint density at radius 3 is 2.07 bits per heavy atom. The van der Waals surface area contributed by atoms with Crippen molar-refractivity contribution in [3.8, 4) is 0 Å².